The van der Waals surface area contributed by atoms with Gasteiger partial charge in [-0.15, -0.1) is 0 Å². The van der Waals surface area contributed by atoms with E-state index in [2.05, 4.69) is 37.6 Å². The second-order valence-electron chi connectivity index (χ2n) is 4.22. The van der Waals surface area contributed by atoms with Crippen molar-refractivity contribution in [2.24, 2.45) is 5.92 Å². The predicted octanol–water partition coefficient (Wildman–Crippen LogP) is 3.34. The summed E-state index contributed by atoms with van der Waals surface area (Å²) in [5.41, 5.74) is 3.13. The molecular formula is C13H14. The molecule has 0 heteroatoms. The van der Waals surface area contributed by atoms with E-state index in [0.717, 1.165) is 11.8 Å². The third-order valence-corrected chi connectivity index (χ3v) is 3.50. The van der Waals surface area contributed by atoms with Crippen molar-refractivity contribution in [3.8, 4) is 0 Å². The molecule has 2 aliphatic carbocycles. The van der Waals surface area contributed by atoms with Crippen LogP contribution in [0.5, 0.6) is 0 Å². The zero-order valence-corrected chi connectivity index (χ0v) is 7.96. The molecule has 3 rings (SSSR count). The third-order valence-electron chi connectivity index (χ3n) is 3.50. The lowest BCUT2D eigenvalue weighted by atomic mass is 9.58. The van der Waals surface area contributed by atoms with E-state index < -0.39 is 0 Å². The summed E-state index contributed by atoms with van der Waals surface area (Å²) in [6.07, 6.45) is 5.05. The Hall–Kier alpha value is -0.780. The second-order valence-corrected chi connectivity index (χ2v) is 4.22. The van der Waals surface area contributed by atoms with Crippen LogP contribution in [0, 0.1) is 18.3 Å². The maximum Gasteiger partial charge on any atom is 0.0130 e. The fraction of sp³-hybridized carbons (Fsp3) is 0.385. The van der Waals surface area contributed by atoms with Crippen molar-refractivity contribution in [1.29, 1.82) is 0 Å². The van der Waals surface area contributed by atoms with E-state index in [4.69, 9.17) is 0 Å². The summed E-state index contributed by atoms with van der Waals surface area (Å²) < 4.78 is 0. The maximum atomic E-state index is 2.48. The molecule has 0 aliphatic heterocycles. The van der Waals surface area contributed by atoms with Gasteiger partial charge in [-0.2, -0.15) is 0 Å². The first kappa shape index (κ1) is 7.61. The number of rotatable bonds is 0. The molecule has 2 unspecified atom stereocenters. The van der Waals surface area contributed by atoms with E-state index in [1.165, 1.54) is 12.8 Å². The van der Waals surface area contributed by atoms with Crippen LogP contribution < -0.4 is 0 Å². The zero-order valence-electron chi connectivity index (χ0n) is 7.96. The average molecular weight is 170 g/mol. The number of hydrogen-bond acceptors (Lipinski definition) is 0. The Kier molecular flexibility index (Phi) is 1.52. The lowest BCUT2D eigenvalue weighted by molar-refractivity contribution is 0.416. The smallest absolute Gasteiger partial charge is 0.0130 e. The van der Waals surface area contributed by atoms with Crippen LogP contribution in [0.1, 0.15) is 36.8 Å². The van der Waals surface area contributed by atoms with Gasteiger partial charge in [0.1, 0.15) is 0 Å². The van der Waals surface area contributed by atoms with Crippen LogP contribution in [0.3, 0.4) is 0 Å². The first-order valence-corrected chi connectivity index (χ1v) is 5.16. The fourth-order valence-corrected chi connectivity index (χ4v) is 2.87. The van der Waals surface area contributed by atoms with Gasteiger partial charge in [0.2, 0.25) is 0 Å². The standard InChI is InChI=1S/C13H14/c1-9-5-4-8-12-10-6-2-3-7-11(10)13(9)12/h2-3,5-7,9,13H,4,8H2,1H3. The van der Waals surface area contributed by atoms with Crippen LogP contribution in [-0.4, -0.2) is 0 Å². The van der Waals surface area contributed by atoms with Gasteiger partial charge in [0, 0.05) is 5.92 Å². The summed E-state index contributed by atoms with van der Waals surface area (Å²) >= 11 is 0. The molecule has 0 bridgehead atoms. The third kappa shape index (κ3) is 0.919. The van der Waals surface area contributed by atoms with Gasteiger partial charge in [0.25, 0.3) is 0 Å². The lowest BCUT2D eigenvalue weighted by Gasteiger charge is -2.46. The summed E-state index contributed by atoms with van der Waals surface area (Å²) in [5.74, 6) is 3.24. The Morgan fingerprint density at radius 1 is 1.23 bits per heavy atom. The SMILES string of the molecule is CC1[CH]CC[C]2c3ccccc3C21. The monoisotopic (exact) mass is 170 g/mol. The fourth-order valence-electron chi connectivity index (χ4n) is 2.87. The molecule has 0 spiro atoms. The minimum absolute atomic E-state index is 0.763. The van der Waals surface area contributed by atoms with Gasteiger partial charge in [0.15, 0.2) is 0 Å². The van der Waals surface area contributed by atoms with Gasteiger partial charge in [-0.3, -0.25) is 0 Å². The molecule has 1 saturated carbocycles. The molecule has 0 amide bonds. The molecule has 2 radical (unpaired) electrons. The van der Waals surface area contributed by atoms with Crippen LogP contribution >= 0.6 is 0 Å². The molecule has 0 saturated heterocycles. The van der Waals surface area contributed by atoms with Crippen molar-refractivity contribution in [3.63, 3.8) is 0 Å². The van der Waals surface area contributed by atoms with Crippen molar-refractivity contribution in [3.05, 3.63) is 47.7 Å². The number of hydrogen-bond donors (Lipinski definition) is 0. The molecule has 1 fully saturated rings. The van der Waals surface area contributed by atoms with Gasteiger partial charge in [-0.1, -0.05) is 31.2 Å². The van der Waals surface area contributed by atoms with Crippen molar-refractivity contribution >= 4 is 0 Å². The van der Waals surface area contributed by atoms with Gasteiger partial charge in [-0.05, 0) is 42.2 Å². The van der Waals surface area contributed by atoms with Crippen LogP contribution in [0.4, 0.5) is 0 Å². The maximum absolute atomic E-state index is 2.48. The van der Waals surface area contributed by atoms with Crippen molar-refractivity contribution in [2.45, 2.75) is 25.7 Å². The Balaban J connectivity index is 2.03. The lowest BCUT2D eigenvalue weighted by Crippen LogP contribution is -2.33. The van der Waals surface area contributed by atoms with Gasteiger partial charge >= 0.3 is 0 Å². The van der Waals surface area contributed by atoms with Gasteiger partial charge in [-0.25, -0.2) is 0 Å². The molecule has 0 nitrogen and oxygen atoms in total. The van der Waals surface area contributed by atoms with E-state index in [0.29, 0.717) is 0 Å². The summed E-state index contributed by atoms with van der Waals surface area (Å²) in [5, 5.41) is 0. The summed E-state index contributed by atoms with van der Waals surface area (Å²) in [7, 11) is 0. The molecule has 66 valence electrons. The van der Waals surface area contributed by atoms with E-state index in [9.17, 15) is 0 Å². The molecule has 0 N–H and O–H groups in total. The molecule has 1 aromatic rings. The molecule has 1 aromatic carbocycles. The van der Waals surface area contributed by atoms with Gasteiger partial charge in [0.05, 0.1) is 0 Å². The topological polar surface area (TPSA) is 0 Å². The molecule has 0 heterocycles. The summed E-state index contributed by atoms with van der Waals surface area (Å²) in [4.78, 5) is 0. The normalized spacial score (nSPS) is 31.8. The van der Waals surface area contributed by atoms with E-state index >= 15 is 0 Å². The zero-order chi connectivity index (χ0) is 8.84. The Morgan fingerprint density at radius 2 is 2.08 bits per heavy atom. The van der Waals surface area contributed by atoms with Crippen LogP contribution in [0.25, 0.3) is 0 Å². The molecule has 0 aromatic heterocycles. The van der Waals surface area contributed by atoms with Crippen molar-refractivity contribution in [1.82, 2.24) is 0 Å². The summed E-state index contributed by atoms with van der Waals surface area (Å²) in [6.45, 7) is 2.35. The molecule has 2 atom stereocenters. The summed E-state index contributed by atoms with van der Waals surface area (Å²) in [6, 6.07) is 8.89. The molecule has 13 heavy (non-hydrogen) atoms. The van der Waals surface area contributed by atoms with Crippen LogP contribution in [-0.2, 0) is 0 Å². The van der Waals surface area contributed by atoms with Crippen molar-refractivity contribution < 1.29 is 0 Å². The highest BCUT2D eigenvalue weighted by Gasteiger charge is 2.42. The second kappa shape index (κ2) is 2.60. The first-order chi connectivity index (χ1) is 6.38. The van der Waals surface area contributed by atoms with Crippen molar-refractivity contribution in [2.75, 3.05) is 0 Å². The van der Waals surface area contributed by atoms with Gasteiger partial charge < -0.3 is 0 Å². The molecular weight excluding hydrogens is 156 g/mol. The predicted molar refractivity (Wildman–Crippen MR) is 54.2 cm³/mol. The van der Waals surface area contributed by atoms with E-state index in [1.54, 1.807) is 17.0 Å². The minimum Gasteiger partial charge on any atom is -0.0620 e. The average Bonchev–Trinajstić information content (AvgIpc) is 2.14. The van der Waals surface area contributed by atoms with E-state index in [-0.39, 0.29) is 0 Å². The highest BCUT2D eigenvalue weighted by atomic mass is 14.5. The highest BCUT2D eigenvalue weighted by molar-refractivity contribution is 5.56. The highest BCUT2D eigenvalue weighted by Crippen LogP contribution is 2.55. The molecule has 2 aliphatic rings. The van der Waals surface area contributed by atoms with Crippen LogP contribution in [0.2, 0.25) is 0 Å². The Morgan fingerprint density at radius 3 is 3.00 bits per heavy atom. The van der Waals surface area contributed by atoms with Crippen LogP contribution in [0.15, 0.2) is 24.3 Å². The van der Waals surface area contributed by atoms with E-state index in [1.807, 2.05) is 0 Å². The first-order valence-electron chi connectivity index (χ1n) is 5.16. The number of benzene rings is 1. The largest absolute Gasteiger partial charge is 0.0620 e. The Bertz CT molecular complexity index is 327. The quantitative estimate of drug-likeness (QED) is 0.560. The number of fused-ring (bicyclic) bond motifs is 4. The Labute approximate surface area is 80.0 Å². The minimum atomic E-state index is 0.763.